The summed E-state index contributed by atoms with van der Waals surface area (Å²) in [6.45, 7) is 13.8. The fourth-order valence-electron chi connectivity index (χ4n) is 4.82. The second-order valence-corrected chi connectivity index (χ2v) is 19.1. The second-order valence-electron chi connectivity index (χ2n) is 11.8. The zero-order chi connectivity index (χ0) is 25.5. The van der Waals surface area contributed by atoms with Crippen molar-refractivity contribution >= 4 is 69.7 Å². The molecule has 0 spiro atoms. The lowest BCUT2D eigenvalue weighted by Gasteiger charge is -2.40. The number of carbonyl (C=O) groups excluding carboxylic acids is 1. The van der Waals surface area contributed by atoms with Crippen LogP contribution < -0.4 is 10.2 Å². The lowest BCUT2D eigenvalue weighted by molar-refractivity contribution is 0.0492. The van der Waals surface area contributed by atoms with Crippen LogP contribution in [-0.4, -0.2) is 64.2 Å². The molecule has 2 saturated heterocycles. The predicted octanol–water partition coefficient (Wildman–Crippen LogP) is 5.53. The van der Waals surface area contributed by atoms with Gasteiger partial charge in [0.1, 0.15) is 22.5 Å². The van der Waals surface area contributed by atoms with Gasteiger partial charge in [0.15, 0.2) is 15.2 Å². The van der Waals surface area contributed by atoms with Crippen molar-refractivity contribution in [1.29, 1.82) is 0 Å². The largest absolute Gasteiger partial charge is 0.444 e. The van der Waals surface area contributed by atoms with Crippen molar-refractivity contribution < 1.29 is 14.3 Å². The highest BCUT2D eigenvalue weighted by Crippen LogP contribution is 2.41. The van der Waals surface area contributed by atoms with E-state index < -0.39 is 13.7 Å². The van der Waals surface area contributed by atoms with Crippen LogP contribution in [0.5, 0.6) is 0 Å². The topological polar surface area (TPSA) is 94.4 Å². The number of rotatable bonds is 7. The van der Waals surface area contributed by atoms with E-state index in [1.165, 1.54) is 0 Å². The summed E-state index contributed by atoms with van der Waals surface area (Å²) in [5, 5.41) is 7.72. The lowest BCUT2D eigenvalue weighted by atomic mass is 9.97. The van der Waals surface area contributed by atoms with Gasteiger partial charge in [-0.3, -0.25) is 0 Å². The first-order chi connectivity index (χ1) is 16.3. The van der Waals surface area contributed by atoms with Gasteiger partial charge in [0, 0.05) is 32.8 Å². The third-order valence-corrected chi connectivity index (χ3v) is 9.34. The number of nitrogens with zero attached hydrogens (tertiary/aromatic N) is 5. The van der Waals surface area contributed by atoms with Gasteiger partial charge in [-0.25, -0.2) is 19.4 Å². The Kier molecular flexibility index (Phi) is 8.04. The average molecular weight is 679 g/mol. The number of alkyl carbamates (subject to hydrolysis) is 1. The quantitative estimate of drug-likeness (QED) is 0.234. The Hall–Kier alpha value is -0.993. The van der Waals surface area contributed by atoms with Crippen LogP contribution in [0.25, 0.3) is 11.2 Å². The third kappa shape index (κ3) is 6.66. The molecule has 0 aromatic carbocycles. The summed E-state index contributed by atoms with van der Waals surface area (Å²) in [6, 6.07) is 1.79. The van der Waals surface area contributed by atoms with Gasteiger partial charge in [0.25, 0.3) is 0 Å². The molecule has 0 radical (unpaired) electrons. The van der Waals surface area contributed by atoms with Crippen LogP contribution >= 0.6 is 38.5 Å². The van der Waals surface area contributed by atoms with Gasteiger partial charge in [-0.2, -0.15) is 5.10 Å². The molecule has 2 aromatic rings. The number of halogens is 2. The van der Waals surface area contributed by atoms with Gasteiger partial charge in [-0.1, -0.05) is 19.6 Å². The molecule has 2 aromatic heterocycles. The summed E-state index contributed by atoms with van der Waals surface area (Å²) < 4.78 is 14.8. The molecule has 3 atom stereocenters. The van der Waals surface area contributed by atoms with E-state index in [9.17, 15) is 4.79 Å². The summed E-state index contributed by atoms with van der Waals surface area (Å²) in [5.74, 6) is 0.848. The van der Waals surface area contributed by atoms with Crippen molar-refractivity contribution in [3.8, 4) is 0 Å². The summed E-state index contributed by atoms with van der Waals surface area (Å²) in [5.41, 5.74) is 1.02. The fourth-order valence-corrected chi connectivity index (χ4v) is 6.66. The number of hydrogen-bond donors (Lipinski definition) is 1. The van der Waals surface area contributed by atoms with Gasteiger partial charge in [-0.15, -0.1) is 0 Å². The van der Waals surface area contributed by atoms with E-state index in [1.807, 2.05) is 25.5 Å². The van der Waals surface area contributed by atoms with E-state index >= 15 is 0 Å². The van der Waals surface area contributed by atoms with Crippen molar-refractivity contribution in [2.75, 3.05) is 11.5 Å². The molecule has 1 unspecified atom stereocenters. The van der Waals surface area contributed by atoms with Crippen LogP contribution in [0.1, 0.15) is 46.5 Å². The molecule has 1 amide bonds. The minimum absolute atomic E-state index is 0.0975. The first-order valence-electron chi connectivity index (χ1n) is 12.3. The number of carbonyl (C=O) groups is 1. The number of hydrogen-bond acceptors (Lipinski definition) is 7. The fraction of sp³-hybridized carbons (Fsp3) is 0.739. The molecule has 9 nitrogen and oxygen atoms in total. The SMILES string of the molecule is CC(C)(C)OC(=O)NC1C[C@H]2CC[C@@H](C1)N2c1nc2c(nc1Br)c(I)nn2COCC[Si](C)(C)C. The predicted molar refractivity (Wildman–Crippen MR) is 152 cm³/mol. The molecule has 2 fully saturated rings. The van der Waals surface area contributed by atoms with Crippen LogP contribution in [-0.2, 0) is 16.2 Å². The Labute approximate surface area is 230 Å². The van der Waals surface area contributed by atoms with E-state index in [1.54, 1.807) is 0 Å². The Morgan fingerprint density at radius 3 is 2.46 bits per heavy atom. The summed E-state index contributed by atoms with van der Waals surface area (Å²) in [7, 11) is -1.15. The van der Waals surface area contributed by atoms with Crippen LogP contribution in [0.3, 0.4) is 0 Å². The first-order valence-corrected chi connectivity index (χ1v) is 17.8. The second kappa shape index (κ2) is 10.4. The highest BCUT2D eigenvalue weighted by atomic mass is 127. The Balaban J connectivity index is 1.50. The van der Waals surface area contributed by atoms with E-state index in [0.717, 1.165) is 63.6 Å². The van der Waals surface area contributed by atoms with Gasteiger partial charge < -0.3 is 19.7 Å². The molecule has 2 aliphatic heterocycles. The number of amides is 1. The van der Waals surface area contributed by atoms with Crippen molar-refractivity contribution in [2.24, 2.45) is 0 Å². The van der Waals surface area contributed by atoms with Crippen molar-refractivity contribution in [2.45, 2.75) is 103 Å². The monoisotopic (exact) mass is 678 g/mol. The minimum atomic E-state index is -1.15. The van der Waals surface area contributed by atoms with E-state index in [4.69, 9.17) is 19.4 Å². The molecule has 0 aliphatic carbocycles. The van der Waals surface area contributed by atoms with Gasteiger partial charge in [-0.05, 0) is 91.0 Å². The first kappa shape index (κ1) is 27.1. The van der Waals surface area contributed by atoms with E-state index in [0.29, 0.717) is 18.8 Å². The number of nitrogens with one attached hydrogen (secondary N) is 1. The maximum atomic E-state index is 12.3. The number of piperidine rings is 1. The molecular weight excluding hydrogens is 643 g/mol. The van der Waals surface area contributed by atoms with Gasteiger partial charge >= 0.3 is 6.09 Å². The number of fused-ring (bicyclic) bond motifs is 3. The van der Waals surface area contributed by atoms with Crippen LogP contribution in [0.2, 0.25) is 25.7 Å². The standard InChI is InChI=1S/C23H36BrIN6O3Si/c1-23(2,3)34-22(32)26-14-11-15-7-8-16(12-14)31(15)21-18(24)27-17-19(25)29-30(20(17)28-21)13-33-9-10-35(4,5)6/h14-16H,7-13H2,1-6H3,(H,26,32)/t14?,15-,16+. The molecule has 0 saturated carbocycles. The third-order valence-electron chi connectivity index (χ3n) is 6.37. The average Bonchev–Trinajstić information content (AvgIpc) is 3.15. The number of ether oxygens (including phenoxy) is 2. The van der Waals surface area contributed by atoms with Crippen molar-refractivity contribution in [3.63, 3.8) is 0 Å². The van der Waals surface area contributed by atoms with Crippen LogP contribution in [0.15, 0.2) is 4.60 Å². The molecule has 35 heavy (non-hydrogen) atoms. The maximum absolute atomic E-state index is 12.3. The minimum Gasteiger partial charge on any atom is -0.444 e. The molecule has 12 heteroatoms. The molecule has 1 N–H and O–H groups in total. The smallest absolute Gasteiger partial charge is 0.407 e. The molecule has 4 rings (SSSR count). The lowest BCUT2D eigenvalue weighted by Crippen LogP contribution is -2.51. The van der Waals surface area contributed by atoms with Gasteiger partial charge in [0.2, 0.25) is 0 Å². The van der Waals surface area contributed by atoms with E-state index in [-0.39, 0.29) is 12.1 Å². The summed E-state index contributed by atoms with van der Waals surface area (Å²) >= 11 is 5.89. The molecule has 2 bridgehead atoms. The molecule has 194 valence electrons. The van der Waals surface area contributed by atoms with Crippen molar-refractivity contribution in [1.82, 2.24) is 25.1 Å². The van der Waals surface area contributed by atoms with Crippen LogP contribution in [0.4, 0.5) is 10.6 Å². The Morgan fingerprint density at radius 1 is 1.20 bits per heavy atom. The van der Waals surface area contributed by atoms with Crippen LogP contribution in [0, 0.1) is 3.70 Å². The Morgan fingerprint density at radius 2 is 1.86 bits per heavy atom. The Bertz CT molecular complexity index is 1070. The molecular formula is C23H36BrIN6O3Si. The summed E-state index contributed by atoms with van der Waals surface area (Å²) in [4.78, 5) is 24.6. The van der Waals surface area contributed by atoms with Gasteiger partial charge in [0.05, 0.1) is 0 Å². The highest BCUT2D eigenvalue weighted by Gasteiger charge is 2.43. The summed E-state index contributed by atoms with van der Waals surface area (Å²) in [6.07, 6.45) is 3.52. The number of aromatic nitrogens is 4. The molecule has 2 aliphatic rings. The van der Waals surface area contributed by atoms with Crippen molar-refractivity contribution in [3.05, 3.63) is 8.30 Å². The zero-order valence-corrected chi connectivity index (χ0v) is 26.1. The zero-order valence-electron chi connectivity index (χ0n) is 21.4. The van der Waals surface area contributed by atoms with E-state index in [2.05, 4.69) is 73.5 Å². The highest BCUT2D eigenvalue weighted by molar-refractivity contribution is 14.1. The maximum Gasteiger partial charge on any atom is 0.407 e. The molecule has 4 heterocycles. The number of anilines is 1. The normalized spacial score (nSPS) is 22.6.